The van der Waals surface area contributed by atoms with E-state index in [0.717, 1.165) is 5.56 Å². The van der Waals surface area contributed by atoms with Crippen molar-refractivity contribution in [1.82, 2.24) is 10.3 Å². The van der Waals surface area contributed by atoms with Crippen LogP contribution in [0, 0.1) is 0 Å². The van der Waals surface area contributed by atoms with E-state index in [0.29, 0.717) is 22.6 Å². The van der Waals surface area contributed by atoms with E-state index in [9.17, 15) is 9.59 Å². The molecule has 2 aromatic carbocycles. The van der Waals surface area contributed by atoms with Gasteiger partial charge in [-0.25, -0.2) is 9.78 Å². The van der Waals surface area contributed by atoms with E-state index in [2.05, 4.69) is 10.3 Å². The first-order chi connectivity index (χ1) is 14.5. The highest BCUT2D eigenvalue weighted by Crippen LogP contribution is 2.27. The number of hydrogen-bond acceptors (Lipinski definition) is 7. The fourth-order valence-corrected chi connectivity index (χ4v) is 2.69. The summed E-state index contributed by atoms with van der Waals surface area (Å²) in [6, 6.07) is 12.6. The number of amides is 1. The Hall–Kier alpha value is -3.81. The van der Waals surface area contributed by atoms with Crippen molar-refractivity contribution >= 4 is 29.1 Å². The van der Waals surface area contributed by atoms with Crippen LogP contribution >= 0.6 is 0 Å². The van der Waals surface area contributed by atoms with E-state index >= 15 is 0 Å². The second-order valence-corrected chi connectivity index (χ2v) is 6.34. The minimum absolute atomic E-state index is 0.250. The van der Waals surface area contributed by atoms with Crippen LogP contribution in [0.3, 0.4) is 0 Å². The molecule has 1 atom stereocenters. The second-order valence-electron chi connectivity index (χ2n) is 6.34. The summed E-state index contributed by atoms with van der Waals surface area (Å²) in [6.07, 6.45) is 1.60. The lowest BCUT2D eigenvalue weighted by Crippen LogP contribution is -2.35. The molecule has 1 aromatic heterocycles. The Morgan fingerprint density at radius 2 is 1.90 bits per heavy atom. The number of carbonyl (C=O) groups is 2. The summed E-state index contributed by atoms with van der Waals surface area (Å²) in [5.41, 5.74) is 2.12. The molecule has 8 nitrogen and oxygen atoms in total. The lowest BCUT2D eigenvalue weighted by atomic mass is 10.2. The standard InChI is InChI=1S/C22H22N2O6/c1-14(22(26)23-13-15-8-9-18(27-2)19(12-15)28-3)29-21(25)11-10-20-24-16-6-4-5-7-17(16)30-20/h4-12,14H,13H2,1-3H3,(H,23,26)/b11-10+/t14-/m1/s1. The second kappa shape index (κ2) is 9.60. The lowest BCUT2D eigenvalue weighted by molar-refractivity contribution is -0.150. The molecule has 0 aliphatic rings. The Kier molecular flexibility index (Phi) is 6.69. The van der Waals surface area contributed by atoms with Crippen molar-refractivity contribution in [2.45, 2.75) is 19.6 Å². The quantitative estimate of drug-likeness (QED) is 0.450. The maximum Gasteiger partial charge on any atom is 0.331 e. The Morgan fingerprint density at radius 1 is 1.13 bits per heavy atom. The molecule has 0 saturated carbocycles. The van der Waals surface area contributed by atoms with Crippen molar-refractivity contribution in [2.75, 3.05) is 14.2 Å². The summed E-state index contributed by atoms with van der Waals surface area (Å²) in [5, 5.41) is 2.72. The normalized spacial score (nSPS) is 12.0. The van der Waals surface area contributed by atoms with Crippen LogP contribution in [0.1, 0.15) is 18.4 Å². The van der Waals surface area contributed by atoms with Crippen LogP contribution < -0.4 is 14.8 Å². The van der Waals surface area contributed by atoms with Crippen LogP contribution in [0.15, 0.2) is 53.0 Å². The third-order valence-corrected chi connectivity index (χ3v) is 4.25. The number of methoxy groups -OCH3 is 2. The molecule has 0 bridgehead atoms. The average Bonchev–Trinajstić information content (AvgIpc) is 3.18. The van der Waals surface area contributed by atoms with Crippen molar-refractivity contribution < 1.29 is 28.2 Å². The molecule has 3 aromatic rings. The number of nitrogens with zero attached hydrogens (tertiary/aromatic N) is 1. The van der Waals surface area contributed by atoms with Gasteiger partial charge in [0.25, 0.3) is 5.91 Å². The summed E-state index contributed by atoms with van der Waals surface area (Å²) in [7, 11) is 3.09. The van der Waals surface area contributed by atoms with Gasteiger partial charge >= 0.3 is 5.97 Å². The fourth-order valence-electron chi connectivity index (χ4n) is 2.69. The summed E-state index contributed by atoms with van der Waals surface area (Å²) in [5.74, 6) is 0.340. The number of nitrogens with one attached hydrogen (secondary N) is 1. The SMILES string of the molecule is COc1ccc(CNC(=O)[C@@H](C)OC(=O)/C=C/c2nc3ccccc3o2)cc1OC. The highest BCUT2D eigenvalue weighted by molar-refractivity contribution is 5.90. The maximum atomic E-state index is 12.2. The maximum absolute atomic E-state index is 12.2. The fraction of sp³-hybridized carbons (Fsp3) is 0.227. The highest BCUT2D eigenvalue weighted by atomic mass is 16.5. The predicted octanol–water partition coefficient (Wildman–Crippen LogP) is 3.11. The van der Waals surface area contributed by atoms with Crippen molar-refractivity contribution in [3.8, 4) is 11.5 Å². The number of hydrogen-bond donors (Lipinski definition) is 1. The number of fused-ring (bicyclic) bond motifs is 1. The molecule has 1 heterocycles. The molecule has 0 fully saturated rings. The van der Waals surface area contributed by atoms with Gasteiger partial charge in [-0.05, 0) is 36.8 Å². The molecule has 156 valence electrons. The van der Waals surface area contributed by atoms with Crippen LogP contribution in [0.2, 0.25) is 0 Å². The molecule has 3 rings (SSSR count). The predicted molar refractivity (Wildman–Crippen MR) is 110 cm³/mol. The largest absolute Gasteiger partial charge is 0.493 e. The van der Waals surface area contributed by atoms with Crippen molar-refractivity contribution in [3.05, 3.63) is 60.0 Å². The lowest BCUT2D eigenvalue weighted by Gasteiger charge is -2.13. The topological polar surface area (TPSA) is 99.9 Å². The van der Waals surface area contributed by atoms with Gasteiger partial charge in [-0.15, -0.1) is 0 Å². The number of ether oxygens (including phenoxy) is 3. The number of esters is 1. The first-order valence-electron chi connectivity index (χ1n) is 9.23. The van der Waals surface area contributed by atoms with Gasteiger partial charge in [-0.3, -0.25) is 4.79 Å². The minimum atomic E-state index is -0.967. The first-order valence-corrected chi connectivity index (χ1v) is 9.23. The number of para-hydroxylation sites is 2. The Morgan fingerprint density at radius 3 is 2.63 bits per heavy atom. The molecule has 8 heteroatoms. The van der Waals surface area contributed by atoms with Gasteiger partial charge in [0.05, 0.1) is 14.2 Å². The number of oxazole rings is 1. The molecule has 0 aliphatic heterocycles. The zero-order valence-corrected chi connectivity index (χ0v) is 16.9. The van der Waals surface area contributed by atoms with Gasteiger partial charge < -0.3 is 23.9 Å². The van der Waals surface area contributed by atoms with Gasteiger partial charge in [-0.2, -0.15) is 0 Å². The molecule has 1 N–H and O–H groups in total. The molecular weight excluding hydrogens is 388 g/mol. The number of rotatable bonds is 8. The van der Waals surface area contributed by atoms with Crippen LogP contribution in [-0.4, -0.2) is 37.2 Å². The van der Waals surface area contributed by atoms with Crippen LogP contribution in [0.25, 0.3) is 17.2 Å². The average molecular weight is 410 g/mol. The number of carbonyl (C=O) groups excluding carboxylic acids is 2. The van der Waals surface area contributed by atoms with Gasteiger partial charge in [0.2, 0.25) is 5.89 Å². The first kappa shape index (κ1) is 20.9. The zero-order chi connectivity index (χ0) is 21.5. The van der Waals surface area contributed by atoms with Crippen LogP contribution in [0.4, 0.5) is 0 Å². The third-order valence-electron chi connectivity index (χ3n) is 4.25. The summed E-state index contributed by atoms with van der Waals surface area (Å²) in [6.45, 7) is 1.74. The van der Waals surface area contributed by atoms with Crippen molar-refractivity contribution in [1.29, 1.82) is 0 Å². The Bertz CT molecular complexity index is 1040. The molecule has 0 unspecified atom stereocenters. The van der Waals surface area contributed by atoms with Crippen LogP contribution in [-0.2, 0) is 20.9 Å². The summed E-state index contributed by atoms with van der Waals surface area (Å²) >= 11 is 0. The highest BCUT2D eigenvalue weighted by Gasteiger charge is 2.16. The monoisotopic (exact) mass is 410 g/mol. The molecule has 0 saturated heterocycles. The molecule has 1 amide bonds. The van der Waals surface area contributed by atoms with E-state index < -0.39 is 18.0 Å². The summed E-state index contributed by atoms with van der Waals surface area (Å²) in [4.78, 5) is 28.4. The van der Waals surface area contributed by atoms with E-state index in [1.54, 1.807) is 37.4 Å². The smallest absolute Gasteiger partial charge is 0.331 e. The van der Waals surface area contributed by atoms with Gasteiger partial charge in [0.1, 0.15) is 5.52 Å². The molecule has 30 heavy (non-hydrogen) atoms. The molecular formula is C22H22N2O6. The molecule has 0 spiro atoms. The third kappa shape index (κ3) is 5.16. The van der Waals surface area contributed by atoms with E-state index in [1.807, 2.05) is 12.1 Å². The zero-order valence-electron chi connectivity index (χ0n) is 16.9. The molecule has 0 aliphatic carbocycles. The Labute approximate surface area is 173 Å². The van der Waals surface area contributed by atoms with Gasteiger partial charge in [0, 0.05) is 18.7 Å². The molecule has 0 radical (unpaired) electrons. The van der Waals surface area contributed by atoms with E-state index in [4.69, 9.17) is 18.6 Å². The summed E-state index contributed by atoms with van der Waals surface area (Å²) < 4.78 is 21.0. The van der Waals surface area contributed by atoms with Gasteiger partial charge in [0.15, 0.2) is 23.2 Å². The van der Waals surface area contributed by atoms with Gasteiger partial charge in [-0.1, -0.05) is 18.2 Å². The van der Waals surface area contributed by atoms with Crippen molar-refractivity contribution in [3.63, 3.8) is 0 Å². The number of benzene rings is 2. The minimum Gasteiger partial charge on any atom is -0.493 e. The van der Waals surface area contributed by atoms with E-state index in [-0.39, 0.29) is 12.4 Å². The van der Waals surface area contributed by atoms with Crippen molar-refractivity contribution in [2.24, 2.45) is 0 Å². The van der Waals surface area contributed by atoms with E-state index in [1.165, 1.54) is 26.2 Å². The Balaban J connectivity index is 1.51. The number of aromatic nitrogens is 1. The van der Waals surface area contributed by atoms with Crippen LogP contribution in [0.5, 0.6) is 11.5 Å².